The van der Waals surface area contributed by atoms with Crippen LogP contribution >= 0.6 is 11.3 Å². The molecule has 1 aromatic rings. The molecule has 0 aliphatic rings. The molecule has 1 unspecified atom stereocenters. The zero-order valence-electron chi connectivity index (χ0n) is 9.99. The fourth-order valence-corrected chi connectivity index (χ4v) is 3.58. The van der Waals surface area contributed by atoms with Gasteiger partial charge in [0.1, 0.15) is 21.2 Å². The number of methoxy groups -OCH3 is 1. The number of carboxylic acid groups (broad SMARTS) is 1. The van der Waals surface area contributed by atoms with Crippen LogP contribution in [-0.2, 0) is 19.6 Å². The Balaban J connectivity index is 2.88. The number of hydrogen-bond acceptors (Lipinski definition) is 6. The first-order valence-corrected chi connectivity index (χ1v) is 7.44. The van der Waals surface area contributed by atoms with E-state index in [0.29, 0.717) is 0 Å². The highest BCUT2D eigenvalue weighted by Crippen LogP contribution is 2.21. The molecule has 0 aromatic carbocycles. The maximum Gasteiger partial charge on any atom is 0.321 e. The van der Waals surface area contributed by atoms with Crippen LogP contribution in [0.3, 0.4) is 0 Å². The van der Waals surface area contributed by atoms with Crippen LogP contribution in [0.15, 0.2) is 16.3 Å². The second-order valence-corrected chi connectivity index (χ2v) is 6.55. The molecule has 0 aliphatic heterocycles. The van der Waals surface area contributed by atoms with Crippen molar-refractivity contribution in [1.82, 2.24) is 4.72 Å². The first kappa shape index (κ1) is 15.6. The third-order valence-corrected chi connectivity index (χ3v) is 5.12. The molecule has 2 N–H and O–H groups in total. The van der Waals surface area contributed by atoms with Gasteiger partial charge in [-0.15, -0.1) is 11.3 Å². The normalized spacial score (nSPS) is 12.8. The Morgan fingerprint density at radius 3 is 2.79 bits per heavy atom. The van der Waals surface area contributed by atoms with Gasteiger partial charge < -0.3 is 9.84 Å². The summed E-state index contributed by atoms with van der Waals surface area (Å²) in [6, 6.07) is 3.18. The average Bonchev–Trinajstić information content (AvgIpc) is 2.83. The molecule has 0 aliphatic carbocycles. The van der Waals surface area contributed by atoms with Crippen LogP contribution in [0.2, 0.25) is 0 Å². The smallest absolute Gasteiger partial charge is 0.321 e. The predicted molar refractivity (Wildman–Crippen MR) is 67.3 cm³/mol. The van der Waals surface area contributed by atoms with E-state index in [1.54, 1.807) is 0 Å². The molecule has 1 heterocycles. The first-order valence-electron chi connectivity index (χ1n) is 5.14. The summed E-state index contributed by atoms with van der Waals surface area (Å²) in [5.41, 5.74) is 0. The largest absolute Gasteiger partial charge is 0.480 e. The van der Waals surface area contributed by atoms with Crippen molar-refractivity contribution < 1.29 is 23.1 Å². The molecular formula is C10H12N2O5S2. The Bertz CT molecular complexity index is 587. The molecule has 0 bridgehead atoms. The minimum atomic E-state index is -3.94. The van der Waals surface area contributed by atoms with Crippen LogP contribution in [0.4, 0.5) is 0 Å². The summed E-state index contributed by atoms with van der Waals surface area (Å²) in [5.74, 6) is -1.28. The molecule has 0 spiro atoms. The van der Waals surface area contributed by atoms with E-state index in [1.165, 1.54) is 19.2 Å². The van der Waals surface area contributed by atoms with E-state index in [0.717, 1.165) is 11.3 Å². The summed E-state index contributed by atoms with van der Waals surface area (Å²) in [6.45, 7) is 0.118. The summed E-state index contributed by atoms with van der Waals surface area (Å²) in [4.78, 5) is 11.2. The number of sulfonamides is 1. The molecule has 0 saturated heterocycles. The van der Waals surface area contributed by atoms with Gasteiger partial charge in [0.05, 0.1) is 0 Å². The maximum atomic E-state index is 11.9. The summed E-state index contributed by atoms with van der Waals surface area (Å²) in [7, 11) is -2.55. The third-order valence-electron chi connectivity index (χ3n) is 2.16. The number of thiophene rings is 1. The van der Waals surface area contributed by atoms with E-state index in [-0.39, 0.29) is 22.1 Å². The van der Waals surface area contributed by atoms with Gasteiger partial charge in [-0.1, -0.05) is 0 Å². The predicted octanol–water partition coefficient (Wildman–Crippen LogP) is 0.388. The Kier molecular flexibility index (Phi) is 5.44. The van der Waals surface area contributed by atoms with Crippen molar-refractivity contribution >= 4 is 27.3 Å². The highest BCUT2D eigenvalue weighted by atomic mass is 32.2. The minimum Gasteiger partial charge on any atom is -0.480 e. The first-order chi connectivity index (χ1) is 8.90. The van der Waals surface area contributed by atoms with Gasteiger partial charge in [0.2, 0.25) is 0 Å². The number of rotatable bonds is 7. The van der Waals surface area contributed by atoms with Crippen molar-refractivity contribution in [2.75, 3.05) is 13.7 Å². The van der Waals surface area contributed by atoms with Gasteiger partial charge >= 0.3 is 5.97 Å². The second kappa shape index (κ2) is 6.63. The number of aliphatic carboxylic acids is 1. The van der Waals surface area contributed by atoms with Crippen LogP contribution in [0, 0.1) is 11.3 Å². The Hall–Kier alpha value is -1.47. The summed E-state index contributed by atoms with van der Waals surface area (Å²) < 4.78 is 30.6. The van der Waals surface area contributed by atoms with Gasteiger partial charge in [-0.2, -0.15) is 9.98 Å². The zero-order valence-corrected chi connectivity index (χ0v) is 11.6. The molecule has 7 nitrogen and oxygen atoms in total. The molecule has 0 saturated carbocycles. The van der Waals surface area contributed by atoms with E-state index in [9.17, 15) is 13.2 Å². The van der Waals surface area contributed by atoms with Crippen LogP contribution in [0.5, 0.6) is 0 Å². The lowest BCUT2D eigenvalue weighted by molar-refractivity contribution is -0.139. The van der Waals surface area contributed by atoms with E-state index in [1.807, 2.05) is 6.07 Å². The molecule has 0 radical (unpaired) electrons. The average molecular weight is 304 g/mol. The van der Waals surface area contributed by atoms with Gasteiger partial charge in [-0.3, -0.25) is 4.79 Å². The van der Waals surface area contributed by atoms with Gasteiger partial charge in [0, 0.05) is 13.7 Å². The molecule has 104 valence electrons. The van der Waals surface area contributed by atoms with Gasteiger partial charge in [-0.05, 0) is 18.6 Å². The van der Waals surface area contributed by atoms with Gasteiger partial charge in [0.25, 0.3) is 10.0 Å². The Labute approximate surface area is 114 Å². The van der Waals surface area contributed by atoms with Crippen molar-refractivity contribution in [2.45, 2.75) is 16.7 Å². The number of carboxylic acids is 1. The second-order valence-electron chi connectivity index (χ2n) is 3.52. The number of hydrogen-bond donors (Lipinski definition) is 2. The van der Waals surface area contributed by atoms with Crippen LogP contribution < -0.4 is 4.72 Å². The van der Waals surface area contributed by atoms with Crippen LogP contribution in [-0.4, -0.2) is 39.3 Å². The molecule has 19 heavy (non-hydrogen) atoms. The van der Waals surface area contributed by atoms with Crippen molar-refractivity contribution in [2.24, 2.45) is 0 Å². The van der Waals surface area contributed by atoms with Crippen molar-refractivity contribution in [3.8, 4) is 6.07 Å². The number of carbonyl (C=O) groups is 1. The SMILES string of the molecule is COCCC(NS(=O)(=O)c1ccc(C#N)s1)C(=O)O. The van der Waals surface area contributed by atoms with Crippen LogP contribution in [0.25, 0.3) is 0 Å². The fraction of sp³-hybridized carbons (Fsp3) is 0.400. The summed E-state index contributed by atoms with van der Waals surface area (Å²) in [5, 5.41) is 17.6. The highest BCUT2D eigenvalue weighted by molar-refractivity contribution is 7.91. The van der Waals surface area contributed by atoms with E-state index < -0.39 is 22.0 Å². The summed E-state index contributed by atoms with van der Waals surface area (Å²) in [6.07, 6.45) is 0.0154. The lowest BCUT2D eigenvalue weighted by Gasteiger charge is -2.13. The molecule has 1 atom stereocenters. The molecule has 0 fully saturated rings. The van der Waals surface area contributed by atoms with Gasteiger partial charge in [-0.25, -0.2) is 8.42 Å². The number of nitriles is 1. The maximum absolute atomic E-state index is 11.9. The molecule has 1 rings (SSSR count). The quantitative estimate of drug-likeness (QED) is 0.752. The van der Waals surface area contributed by atoms with Crippen molar-refractivity contribution in [1.29, 1.82) is 5.26 Å². The zero-order chi connectivity index (χ0) is 14.5. The molecular weight excluding hydrogens is 292 g/mol. The lowest BCUT2D eigenvalue weighted by atomic mass is 10.2. The van der Waals surface area contributed by atoms with Crippen molar-refractivity contribution in [3.05, 3.63) is 17.0 Å². The monoisotopic (exact) mass is 304 g/mol. The van der Waals surface area contributed by atoms with E-state index in [2.05, 4.69) is 4.72 Å². The van der Waals surface area contributed by atoms with Crippen LogP contribution in [0.1, 0.15) is 11.3 Å². The lowest BCUT2D eigenvalue weighted by Crippen LogP contribution is -2.41. The molecule has 0 amide bonds. The minimum absolute atomic E-state index is 0.0154. The van der Waals surface area contributed by atoms with E-state index in [4.69, 9.17) is 15.1 Å². The Morgan fingerprint density at radius 1 is 1.63 bits per heavy atom. The summed E-state index contributed by atoms with van der Waals surface area (Å²) >= 11 is 0.782. The Morgan fingerprint density at radius 2 is 2.32 bits per heavy atom. The number of nitrogens with one attached hydrogen (secondary N) is 1. The highest BCUT2D eigenvalue weighted by Gasteiger charge is 2.26. The molecule has 9 heteroatoms. The standard InChI is InChI=1S/C10H12N2O5S2/c1-17-5-4-8(10(13)14)12-19(15,16)9-3-2-7(6-11)18-9/h2-3,8,12H,4-5H2,1H3,(H,13,14). The fourth-order valence-electron chi connectivity index (χ4n) is 1.24. The number of nitrogens with zero attached hydrogens (tertiary/aromatic N) is 1. The van der Waals surface area contributed by atoms with E-state index >= 15 is 0 Å². The topological polar surface area (TPSA) is 116 Å². The third kappa shape index (κ3) is 4.29. The number of ether oxygens (including phenoxy) is 1. The van der Waals surface area contributed by atoms with Gasteiger partial charge in [0.15, 0.2) is 0 Å². The van der Waals surface area contributed by atoms with Crippen molar-refractivity contribution in [3.63, 3.8) is 0 Å². The molecule has 1 aromatic heterocycles.